The number of pyridine rings is 1. The van der Waals surface area contributed by atoms with Gasteiger partial charge in [0.05, 0.1) is 29.8 Å². The van der Waals surface area contributed by atoms with Gasteiger partial charge >= 0.3 is 0 Å². The van der Waals surface area contributed by atoms with Crippen LogP contribution in [0.1, 0.15) is 41.9 Å². The zero-order valence-electron chi connectivity index (χ0n) is 21.2. The molecule has 5 aromatic rings. The molecule has 12 heteroatoms. The second-order valence-corrected chi connectivity index (χ2v) is 11.5. The van der Waals surface area contributed by atoms with Gasteiger partial charge < -0.3 is 14.9 Å². The Kier molecular flexibility index (Phi) is 5.30. The Labute approximate surface area is 241 Å². The summed E-state index contributed by atoms with van der Waals surface area (Å²) in [6.45, 7) is 0. The van der Waals surface area contributed by atoms with Crippen LogP contribution < -0.4 is 10.9 Å². The van der Waals surface area contributed by atoms with Gasteiger partial charge in [-0.2, -0.15) is 0 Å². The second-order valence-electron chi connectivity index (χ2n) is 10.7. The number of anilines is 1. The summed E-state index contributed by atoms with van der Waals surface area (Å²) in [5, 5.41) is 11.5. The maximum atomic E-state index is 15.5. The summed E-state index contributed by atoms with van der Waals surface area (Å²) < 4.78 is 18.8. The number of carbonyl (C=O) groups is 1. The molecule has 8 rings (SSSR count). The predicted octanol–water partition coefficient (Wildman–Crippen LogP) is 5.52. The second kappa shape index (κ2) is 8.86. The van der Waals surface area contributed by atoms with Crippen molar-refractivity contribution >= 4 is 34.8 Å². The minimum atomic E-state index is -0.373. The van der Waals surface area contributed by atoms with Crippen molar-refractivity contribution in [3.8, 4) is 28.1 Å². The molecule has 5 heterocycles. The van der Waals surface area contributed by atoms with Crippen molar-refractivity contribution in [2.75, 3.05) is 5.32 Å². The number of nitrogens with zero attached hydrogens (tertiary/aromatic N) is 5. The first kappa shape index (κ1) is 24.5. The lowest BCUT2D eigenvalue weighted by atomic mass is 9.98. The Balaban J connectivity index is 1.18. The highest BCUT2D eigenvalue weighted by Crippen LogP contribution is 2.60. The fourth-order valence-corrected chi connectivity index (χ4v) is 6.62. The molecule has 41 heavy (non-hydrogen) atoms. The highest BCUT2D eigenvalue weighted by atomic mass is 35.5. The number of rotatable bonds is 4. The van der Waals surface area contributed by atoms with Crippen LogP contribution in [-0.2, 0) is 11.2 Å². The number of benzene rings is 2. The molecule has 0 bridgehead atoms. The third-order valence-corrected chi connectivity index (χ3v) is 8.68. The fraction of sp³-hybridized carbons (Fsp3) is 0.207. The average Bonchev–Trinajstić information content (AvgIpc) is 3.24. The number of amides is 1. The third-order valence-electron chi connectivity index (χ3n) is 8.27. The lowest BCUT2D eigenvalue weighted by Gasteiger charge is -2.19. The normalized spacial score (nSPS) is 20.4. The highest BCUT2D eigenvalue weighted by Gasteiger charge is 2.54. The summed E-state index contributed by atoms with van der Waals surface area (Å²) in [6.07, 6.45) is 4.72. The van der Waals surface area contributed by atoms with Gasteiger partial charge in [-0.05, 0) is 60.7 Å². The van der Waals surface area contributed by atoms with E-state index in [0.29, 0.717) is 45.5 Å². The molecular weight excluding hydrogens is 568 g/mol. The molecule has 204 valence electrons. The Morgan fingerprint density at radius 1 is 1.02 bits per heavy atom. The van der Waals surface area contributed by atoms with E-state index in [-0.39, 0.29) is 46.7 Å². The molecule has 3 aliphatic rings. The van der Waals surface area contributed by atoms with Crippen molar-refractivity contribution < 1.29 is 9.18 Å². The van der Waals surface area contributed by atoms with Crippen molar-refractivity contribution in [1.29, 1.82) is 0 Å². The number of aromatic nitrogens is 6. The molecule has 2 aromatic carbocycles. The summed E-state index contributed by atoms with van der Waals surface area (Å²) in [4.78, 5) is 33.3. The van der Waals surface area contributed by atoms with Crippen molar-refractivity contribution in [1.82, 2.24) is 29.5 Å². The van der Waals surface area contributed by atoms with Crippen LogP contribution in [0.15, 0.2) is 59.7 Å². The van der Waals surface area contributed by atoms with Crippen LogP contribution in [0.2, 0.25) is 10.2 Å². The number of fused-ring (bicyclic) bond motifs is 4. The number of aromatic amines is 1. The molecule has 0 saturated heterocycles. The fourth-order valence-electron chi connectivity index (χ4n) is 6.33. The number of hydrogen-bond donors (Lipinski definition) is 2. The van der Waals surface area contributed by atoms with Gasteiger partial charge in [-0.1, -0.05) is 28.4 Å². The van der Waals surface area contributed by atoms with Gasteiger partial charge in [0.2, 0.25) is 5.91 Å². The van der Waals surface area contributed by atoms with Gasteiger partial charge in [0.1, 0.15) is 11.6 Å². The Morgan fingerprint density at radius 3 is 2.73 bits per heavy atom. The van der Waals surface area contributed by atoms with E-state index in [2.05, 4.69) is 25.6 Å². The predicted molar refractivity (Wildman–Crippen MR) is 151 cm³/mol. The lowest BCUT2D eigenvalue weighted by molar-refractivity contribution is -0.116. The van der Waals surface area contributed by atoms with Gasteiger partial charge in [-0.25, -0.2) is 14.1 Å². The molecule has 3 aromatic heterocycles. The molecule has 1 fully saturated rings. The van der Waals surface area contributed by atoms with Gasteiger partial charge in [-0.15, -0.1) is 5.10 Å². The van der Waals surface area contributed by atoms with E-state index in [1.54, 1.807) is 52.0 Å². The summed E-state index contributed by atoms with van der Waals surface area (Å²) in [6, 6.07) is 12.1. The molecule has 3 atom stereocenters. The Morgan fingerprint density at radius 2 is 1.90 bits per heavy atom. The van der Waals surface area contributed by atoms with Gasteiger partial charge in [0.25, 0.3) is 5.56 Å². The summed E-state index contributed by atoms with van der Waals surface area (Å²) >= 11 is 12.4. The smallest absolute Gasteiger partial charge is 0.252 e. The van der Waals surface area contributed by atoms with Crippen LogP contribution in [0.4, 0.5) is 10.1 Å². The number of halogens is 3. The van der Waals surface area contributed by atoms with E-state index in [1.807, 2.05) is 12.1 Å². The van der Waals surface area contributed by atoms with Crippen molar-refractivity contribution in [3.63, 3.8) is 0 Å². The van der Waals surface area contributed by atoms with Crippen LogP contribution in [0, 0.1) is 11.7 Å². The minimum absolute atomic E-state index is 0.115. The lowest BCUT2D eigenvalue weighted by Crippen LogP contribution is -2.26. The van der Waals surface area contributed by atoms with Crippen LogP contribution >= 0.6 is 23.2 Å². The van der Waals surface area contributed by atoms with Crippen LogP contribution in [0.3, 0.4) is 0 Å². The molecule has 1 aliphatic carbocycles. The van der Waals surface area contributed by atoms with Gasteiger partial charge in [0.15, 0.2) is 5.15 Å². The molecule has 3 unspecified atom stereocenters. The number of nitrogens with one attached hydrogen (secondary N) is 2. The molecule has 9 nitrogen and oxygen atoms in total. The first-order valence-electron chi connectivity index (χ1n) is 13.2. The van der Waals surface area contributed by atoms with Gasteiger partial charge in [0, 0.05) is 51.5 Å². The van der Waals surface area contributed by atoms with Crippen LogP contribution in [0.5, 0.6) is 0 Å². The summed E-state index contributed by atoms with van der Waals surface area (Å²) in [5.41, 5.74) is 4.83. The van der Waals surface area contributed by atoms with E-state index < -0.39 is 0 Å². The maximum absolute atomic E-state index is 15.5. The maximum Gasteiger partial charge on any atom is 0.252 e. The van der Waals surface area contributed by atoms with Crippen molar-refractivity contribution in [2.45, 2.75) is 31.2 Å². The molecular formula is C29H20Cl2FN7O2. The zero-order chi connectivity index (χ0) is 28.0. The van der Waals surface area contributed by atoms with E-state index in [0.717, 1.165) is 23.2 Å². The number of imidazole rings is 1. The van der Waals surface area contributed by atoms with Crippen LogP contribution in [0.25, 0.3) is 28.1 Å². The van der Waals surface area contributed by atoms with E-state index in [4.69, 9.17) is 23.2 Å². The van der Waals surface area contributed by atoms with E-state index >= 15 is 4.39 Å². The topological polar surface area (TPSA) is 110 Å². The Bertz CT molecular complexity index is 1980. The number of carbonyl (C=O) groups excluding carboxylic acids is 1. The SMILES string of the molecule is O=C1CCc2c(ccc(-c3cnc(C4C5CC5c5cc(-c6cc(Cl)ccc6-n6cc(Cl)nn6)cc(=O)n54)[nH]3)c2F)N1. The summed E-state index contributed by atoms with van der Waals surface area (Å²) in [5.74, 6) is 0.562. The Hall–Kier alpha value is -4.28. The third kappa shape index (κ3) is 3.85. The van der Waals surface area contributed by atoms with Crippen LogP contribution in [-0.4, -0.2) is 35.4 Å². The monoisotopic (exact) mass is 587 g/mol. The molecule has 2 aliphatic heterocycles. The average molecular weight is 588 g/mol. The van der Waals surface area contributed by atoms with Crippen molar-refractivity contribution in [3.05, 3.63) is 98.3 Å². The molecule has 0 radical (unpaired) electrons. The first-order valence-corrected chi connectivity index (χ1v) is 13.9. The molecule has 1 amide bonds. The van der Waals surface area contributed by atoms with E-state index in [9.17, 15) is 9.59 Å². The largest absolute Gasteiger partial charge is 0.340 e. The standard InChI is InChI=1S/C29H20Cl2FN7O2/c30-14-1-5-22(38-12-24(31)36-37-38)17(9-14)13-7-23-18-10-19(18)28(39(23)26(41)8-13)29-33-11-21(35-29)16-2-4-20-15(27(16)32)3-6-25(40)34-20/h1-2,4-5,7-9,11-12,18-19,28H,3,6,10H2,(H,33,35)(H,34,40). The zero-order valence-corrected chi connectivity index (χ0v) is 22.7. The highest BCUT2D eigenvalue weighted by molar-refractivity contribution is 6.31. The number of H-pyrrole nitrogens is 1. The summed E-state index contributed by atoms with van der Waals surface area (Å²) in [7, 11) is 0. The number of hydrogen-bond acceptors (Lipinski definition) is 5. The quantitative estimate of drug-likeness (QED) is 0.287. The first-order chi connectivity index (χ1) is 19.9. The van der Waals surface area contributed by atoms with E-state index in [1.165, 1.54) is 0 Å². The molecule has 1 saturated carbocycles. The van der Waals surface area contributed by atoms with Crippen molar-refractivity contribution in [2.24, 2.45) is 5.92 Å². The molecule has 2 N–H and O–H groups in total. The van der Waals surface area contributed by atoms with Gasteiger partial charge in [-0.3, -0.25) is 9.59 Å². The molecule has 0 spiro atoms. The minimum Gasteiger partial charge on any atom is -0.340 e.